The van der Waals surface area contributed by atoms with Gasteiger partial charge in [0.15, 0.2) is 0 Å². The van der Waals surface area contributed by atoms with Crippen LogP contribution >= 0.6 is 46.4 Å². The number of benzene rings is 1. The Hall–Kier alpha value is -0.680. The highest BCUT2D eigenvalue weighted by molar-refractivity contribution is 6.54. The first kappa shape index (κ1) is 33.3. The van der Waals surface area contributed by atoms with Gasteiger partial charge in [-0.2, -0.15) is 0 Å². The van der Waals surface area contributed by atoms with Gasteiger partial charge in [0.2, 0.25) is 0 Å². The molecule has 0 aliphatic rings. The van der Waals surface area contributed by atoms with Gasteiger partial charge in [0.1, 0.15) is 0 Å². The summed E-state index contributed by atoms with van der Waals surface area (Å²) in [7, 11) is 0. The highest BCUT2D eigenvalue weighted by Crippen LogP contribution is 2.42. The third kappa shape index (κ3) is 12.2. The quantitative estimate of drug-likeness (QED) is 0.0662. The lowest BCUT2D eigenvalue weighted by Crippen LogP contribution is -2.17. The Morgan fingerprint density at radius 1 is 0.472 bits per heavy atom. The van der Waals surface area contributed by atoms with E-state index in [-0.39, 0.29) is 44.4 Å². The second-order valence-corrected chi connectivity index (χ2v) is 10.7. The van der Waals surface area contributed by atoms with Gasteiger partial charge in [0.05, 0.1) is 44.4 Å². The molecule has 0 heterocycles. The molecule has 0 fully saturated rings. The molecule has 206 valence electrons. The van der Waals surface area contributed by atoms with Crippen molar-refractivity contribution in [2.75, 3.05) is 13.2 Å². The second-order valence-electron chi connectivity index (χ2n) is 9.23. The van der Waals surface area contributed by atoms with Gasteiger partial charge in [0.25, 0.3) is 0 Å². The normalized spacial score (nSPS) is 11.1. The number of hydrogen-bond acceptors (Lipinski definition) is 4. The van der Waals surface area contributed by atoms with E-state index in [0.29, 0.717) is 0 Å². The number of carbonyl (C=O) groups excluding carboxylic acids is 2. The Labute approximate surface area is 237 Å². The molecule has 1 rings (SSSR count). The molecule has 0 N–H and O–H groups in total. The van der Waals surface area contributed by atoms with Crippen LogP contribution in [-0.2, 0) is 9.47 Å². The van der Waals surface area contributed by atoms with Gasteiger partial charge in [-0.3, -0.25) is 0 Å². The zero-order valence-corrected chi connectivity index (χ0v) is 24.9. The summed E-state index contributed by atoms with van der Waals surface area (Å²) < 4.78 is 10.8. The van der Waals surface area contributed by atoms with E-state index in [4.69, 9.17) is 55.9 Å². The molecule has 0 atom stereocenters. The van der Waals surface area contributed by atoms with Crippen molar-refractivity contribution in [3.8, 4) is 0 Å². The molecule has 1 aromatic carbocycles. The monoisotopic (exact) mass is 582 g/mol. The van der Waals surface area contributed by atoms with Crippen molar-refractivity contribution in [3.05, 3.63) is 31.2 Å². The first-order chi connectivity index (χ1) is 17.4. The van der Waals surface area contributed by atoms with Crippen LogP contribution in [0.3, 0.4) is 0 Å². The second kappa shape index (κ2) is 20.3. The third-order valence-corrected chi connectivity index (χ3v) is 7.94. The highest BCUT2D eigenvalue weighted by atomic mass is 35.5. The zero-order valence-electron chi connectivity index (χ0n) is 21.9. The van der Waals surface area contributed by atoms with Crippen LogP contribution in [0.4, 0.5) is 0 Å². The van der Waals surface area contributed by atoms with E-state index >= 15 is 0 Å². The van der Waals surface area contributed by atoms with Crippen LogP contribution < -0.4 is 0 Å². The highest BCUT2D eigenvalue weighted by Gasteiger charge is 2.30. The van der Waals surface area contributed by atoms with Gasteiger partial charge in [-0.25, -0.2) is 9.59 Å². The molecule has 0 aromatic heterocycles. The molecule has 0 amide bonds. The topological polar surface area (TPSA) is 52.6 Å². The van der Waals surface area contributed by atoms with Crippen LogP contribution in [0.2, 0.25) is 20.1 Å². The van der Waals surface area contributed by atoms with Gasteiger partial charge in [-0.05, 0) is 12.8 Å². The molecular formula is C28H42Cl4O4. The predicted molar refractivity (Wildman–Crippen MR) is 152 cm³/mol. The molecule has 0 saturated heterocycles. The molecule has 36 heavy (non-hydrogen) atoms. The molecule has 0 radical (unpaired) electrons. The molecule has 1 aromatic rings. The van der Waals surface area contributed by atoms with Gasteiger partial charge < -0.3 is 9.47 Å². The maximum absolute atomic E-state index is 12.9. The summed E-state index contributed by atoms with van der Waals surface area (Å²) in [6.45, 7) is 4.82. The van der Waals surface area contributed by atoms with E-state index in [0.717, 1.165) is 44.9 Å². The molecule has 8 heteroatoms. The molecule has 0 aliphatic heterocycles. The van der Waals surface area contributed by atoms with Crippen LogP contribution in [-0.4, -0.2) is 25.2 Å². The lowest BCUT2D eigenvalue weighted by molar-refractivity contribution is 0.0450. The van der Waals surface area contributed by atoms with Crippen LogP contribution in [0.25, 0.3) is 0 Å². The summed E-state index contributed by atoms with van der Waals surface area (Å²) in [5, 5.41) is -0.515. The van der Waals surface area contributed by atoms with Crippen molar-refractivity contribution in [1.29, 1.82) is 0 Å². The first-order valence-corrected chi connectivity index (χ1v) is 15.1. The maximum Gasteiger partial charge on any atom is 0.340 e. The Bertz CT molecular complexity index is 798. The SMILES string of the molecule is CCCCCCCCCCCCOC(=O)c1c(Cl)c(Cl)c(Cl)c(Cl)c1C(=O)OCCCCCCCC. The average Bonchev–Trinajstić information content (AvgIpc) is 2.87. The molecule has 4 nitrogen and oxygen atoms in total. The summed E-state index contributed by atoms with van der Waals surface area (Å²) in [5.41, 5.74) is -0.397. The van der Waals surface area contributed by atoms with Crippen molar-refractivity contribution in [2.45, 2.75) is 117 Å². The van der Waals surface area contributed by atoms with Crippen molar-refractivity contribution >= 4 is 58.3 Å². The van der Waals surface area contributed by atoms with Crippen molar-refractivity contribution in [1.82, 2.24) is 0 Å². The summed E-state index contributed by atoms with van der Waals surface area (Å²) in [6.07, 6.45) is 18.0. The molecule has 0 aliphatic carbocycles. The summed E-state index contributed by atoms with van der Waals surface area (Å²) >= 11 is 24.9. The third-order valence-electron chi connectivity index (χ3n) is 6.14. The minimum Gasteiger partial charge on any atom is -0.462 e. The molecular weight excluding hydrogens is 542 g/mol. The Morgan fingerprint density at radius 2 is 0.750 bits per heavy atom. The predicted octanol–water partition coefficient (Wildman–Crippen LogP) is 10.9. The fraction of sp³-hybridized carbons (Fsp3) is 0.714. The van der Waals surface area contributed by atoms with E-state index in [2.05, 4.69) is 13.8 Å². The fourth-order valence-electron chi connectivity index (χ4n) is 3.96. The van der Waals surface area contributed by atoms with Crippen LogP contribution in [0.1, 0.15) is 137 Å². The van der Waals surface area contributed by atoms with E-state index in [1.165, 1.54) is 57.8 Å². The van der Waals surface area contributed by atoms with Gasteiger partial charge in [-0.15, -0.1) is 0 Å². The first-order valence-electron chi connectivity index (χ1n) is 13.6. The molecule has 0 saturated carbocycles. The Kier molecular flexibility index (Phi) is 18.8. The van der Waals surface area contributed by atoms with E-state index < -0.39 is 11.9 Å². The minimum atomic E-state index is -0.764. The fourth-order valence-corrected chi connectivity index (χ4v) is 4.97. The molecule has 0 bridgehead atoms. The minimum absolute atomic E-state index is 0.0957. The van der Waals surface area contributed by atoms with Gasteiger partial charge in [-0.1, -0.05) is 150 Å². The van der Waals surface area contributed by atoms with E-state index in [9.17, 15) is 9.59 Å². The molecule has 0 unspecified atom stereocenters. The Balaban J connectivity index is 2.59. The maximum atomic E-state index is 12.9. The van der Waals surface area contributed by atoms with Crippen molar-refractivity contribution in [2.24, 2.45) is 0 Å². The zero-order chi connectivity index (χ0) is 26.8. The smallest absolute Gasteiger partial charge is 0.340 e. The van der Waals surface area contributed by atoms with Crippen molar-refractivity contribution in [3.63, 3.8) is 0 Å². The van der Waals surface area contributed by atoms with Crippen LogP contribution in [0.15, 0.2) is 0 Å². The average molecular weight is 584 g/mol. The summed E-state index contributed by atoms with van der Waals surface area (Å²) in [6, 6.07) is 0. The van der Waals surface area contributed by atoms with Crippen LogP contribution in [0.5, 0.6) is 0 Å². The number of rotatable bonds is 20. The summed E-state index contributed by atoms with van der Waals surface area (Å²) in [4.78, 5) is 25.7. The summed E-state index contributed by atoms with van der Waals surface area (Å²) in [5.74, 6) is -1.53. The largest absolute Gasteiger partial charge is 0.462 e. The van der Waals surface area contributed by atoms with Gasteiger partial charge in [0, 0.05) is 0 Å². The number of carbonyl (C=O) groups is 2. The van der Waals surface area contributed by atoms with E-state index in [1.54, 1.807) is 0 Å². The lowest BCUT2D eigenvalue weighted by Gasteiger charge is -2.15. The standard InChI is InChI=1S/C28H42Cl4O4/c1-3-5-7-9-11-12-13-14-16-18-20-36-28(34)22-21(23(29)25(31)26(32)24(22)30)27(33)35-19-17-15-10-8-6-4-2/h3-20H2,1-2H3. The number of hydrogen-bond donors (Lipinski definition) is 0. The van der Waals surface area contributed by atoms with Gasteiger partial charge >= 0.3 is 11.9 Å². The molecule has 0 spiro atoms. The Morgan fingerprint density at radius 3 is 1.06 bits per heavy atom. The number of ether oxygens (including phenoxy) is 2. The van der Waals surface area contributed by atoms with Crippen molar-refractivity contribution < 1.29 is 19.1 Å². The number of unbranched alkanes of at least 4 members (excludes halogenated alkanes) is 14. The lowest BCUT2D eigenvalue weighted by atomic mass is 10.1. The van der Waals surface area contributed by atoms with E-state index in [1.807, 2.05) is 0 Å². The number of halogens is 4. The number of esters is 2. The van der Waals surface area contributed by atoms with Crippen LogP contribution in [0, 0.1) is 0 Å².